The number of benzene rings is 2. The lowest BCUT2D eigenvalue weighted by atomic mass is 10.0. The molecule has 112 valence electrons. The maximum Gasteiger partial charge on any atom is 0.0781 e. The molecule has 0 aliphatic heterocycles. The summed E-state index contributed by atoms with van der Waals surface area (Å²) in [7, 11) is 0. The van der Waals surface area contributed by atoms with Gasteiger partial charge in [0.25, 0.3) is 0 Å². The zero-order valence-corrected chi connectivity index (χ0v) is 14.7. The van der Waals surface area contributed by atoms with Crippen LogP contribution in [-0.2, 0) is 0 Å². The van der Waals surface area contributed by atoms with Crippen LogP contribution >= 0.6 is 46.4 Å². The Morgan fingerprint density at radius 2 is 1.33 bits per heavy atom. The van der Waals surface area contributed by atoms with Crippen LogP contribution in [0.4, 0.5) is 0 Å². The zero-order chi connectivity index (χ0) is 15.6. The van der Waals surface area contributed by atoms with Crippen molar-refractivity contribution >= 4 is 46.4 Å². The molecule has 2 aromatic rings. The lowest BCUT2D eigenvalue weighted by Crippen LogP contribution is -2.23. The molecule has 0 heterocycles. The summed E-state index contributed by atoms with van der Waals surface area (Å²) in [6.07, 6.45) is 0. The third-order valence-electron chi connectivity index (χ3n) is 3.40. The van der Waals surface area contributed by atoms with Gasteiger partial charge in [0.05, 0.1) is 15.1 Å². The third-order valence-corrected chi connectivity index (χ3v) is 5.06. The average Bonchev–Trinajstić information content (AvgIpc) is 2.45. The number of halogens is 4. The van der Waals surface area contributed by atoms with Gasteiger partial charge < -0.3 is 5.32 Å². The van der Waals surface area contributed by atoms with Gasteiger partial charge >= 0.3 is 0 Å². The first kappa shape index (κ1) is 16.9. The van der Waals surface area contributed by atoms with E-state index < -0.39 is 0 Å². The number of hydrogen-bond acceptors (Lipinski definition) is 1. The summed E-state index contributed by atoms with van der Waals surface area (Å²) in [6, 6.07) is 11.5. The van der Waals surface area contributed by atoms with Gasteiger partial charge in [-0.2, -0.15) is 0 Å². The van der Waals surface area contributed by atoms with E-state index in [0.29, 0.717) is 15.1 Å². The molecule has 0 bridgehead atoms. The van der Waals surface area contributed by atoms with Crippen LogP contribution in [-0.4, -0.2) is 0 Å². The highest BCUT2D eigenvalue weighted by Gasteiger charge is 2.17. The normalized spacial score (nSPS) is 14.0. The van der Waals surface area contributed by atoms with Crippen LogP contribution in [0.25, 0.3) is 0 Å². The fourth-order valence-corrected chi connectivity index (χ4v) is 3.26. The first-order chi connectivity index (χ1) is 9.91. The molecule has 2 atom stereocenters. The summed E-state index contributed by atoms with van der Waals surface area (Å²) in [5, 5.41) is 5.53. The Bertz CT molecular complexity index is 642. The Morgan fingerprint density at radius 1 is 0.714 bits per heavy atom. The summed E-state index contributed by atoms with van der Waals surface area (Å²) in [6.45, 7) is 4.09. The summed E-state index contributed by atoms with van der Waals surface area (Å²) in [4.78, 5) is 0. The van der Waals surface area contributed by atoms with Crippen LogP contribution in [0.5, 0.6) is 0 Å². The quantitative estimate of drug-likeness (QED) is 0.595. The Kier molecular flexibility index (Phi) is 5.81. The first-order valence-electron chi connectivity index (χ1n) is 6.55. The van der Waals surface area contributed by atoms with Crippen LogP contribution in [0.1, 0.15) is 37.1 Å². The van der Waals surface area contributed by atoms with E-state index in [4.69, 9.17) is 46.4 Å². The van der Waals surface area contributed by atoms with Gasteiger partial charge in [-0.1, -0.05) is 70.7 Å². The Labute approximate surface area is 145 Å². The molecule has 2 aromatic carbocycles. The lowest BCUT2D eigenvalue weighted by Gasteiger charge is -2.22. The molecule has 0 aromatic heterocycles. The molecule has 5 heteroatoms. The van der Waals surface area contributed by atoms with E-state index in [1.165, 1.54) is 0 Å². The largest absolute Gasteiger partial charge is 0.304 e. The molecule has 21 heavy (non-hydrogen) atoms. The Balaban J connectivity index is 2.20. The van der Waals surface area contributed by atoms with Gasteiger partial charge in [-0.25, -0.2) is 0 Å². The van der Waals surface area contributed by atoms with E-state index >= 15 is 0 Å². The molecule has 0 saturated carbocycles. The fraction of sp³-hybridized carbons (Fsp3) is 0.250. The summed E-state index contributed by atoms with van der Waals surface area (Å²) in [5.41, 5.74) is 1.95. The van der Waals surface area contributed by atoms with Crippen molar-refractivity contribution < 1.29 is 0 Å². The second kappa shape index (κ2) is 7.21. The molecule has 0 radical (unpaired) electrons. The predicted molar refractivity (Wildman–Crippen MR) is 92.9 cm³/mol. The minimum absolute atomic E-state index is 0.0125. The summed E-state index contributed by atoms with van der Waals surface area (Å²) in [5.74, 6) is 0. The molecule has 0 aliphatic carbocycles. The van der Waals surface area contributed by atoms with Crippen molar-refractivity contribution in [3.63, 3.8) is 0 Å². The van der Waals surface area contributed by atoms with Crippen LogP contribution in [0.3, 0.4) is 0 Å². The van der Waals surface area contributed by atoms with Crippen LogP contribution in [0.15, 0.2) is 36.4 Å². The maximum absolute atomic E-state index is 6.27. The van der Waals surface area contributed by atoms with Crippen molar-refractivity contribution in [2.45, 2.75) is 25.9 Å². The first-order valence-corrected chi connectivity index (χ1v) is 8.07. The van der Waals surface area contributed by atoms with Gasteiger partial charge in [-0.3, -0.25) is 0 Å². The highest BCUT2D eigenvalue weighted by Crippen LogP contribution is 2.36. The lowest BCUT2D eigenvalue weighted by molar-refractivity contribution is 0.495. The highest BCUT2D eigenvalue weighted by molar-refractivity contribution is 6.48. The molecule has 0 saturated heterocycles. The van der Waals surface area contributed by atoms with Gasteiger partial charge in [-0.15, -0.1) is 0 Å². The Hall–Kier alpha value is -0.440. The maximum atomic E-state index is 6.27. The van der Waals surface area contributed by atoms with Crippen molar-refractivity contribution in [2.24, 2.45) is 0 Å². The summed E-state index contributed by atoms with van der Waals surface area (Å²) >= 11 is 24.5. The molecule has 2 rings (SSSR count). The van der Waals surface area contributed by atoms with E-state index in [1.54, 1.807) is 6.07 Å². The average molecular weight is 363 g/mol. The van der Waals surface area contributed by atoms with E-state index in [2.05, 4.69) is 12.2 Å². The van der Waals surface area contributed by atoms with Crippen molar-refractivity contribution in [2.75, 3.05) is 0 Å². The van der Waals surface area contributed by atoms with Gasteiger partial charge in [0.1, 0.15) is 0 Å². The Morgan fingerprint density at radius 3 is 2.00 bits per heavy atom. The minimum Gasteiger partial charge on any atom is -0.304 e. The number of hydrogen-bond donors (Lipinski definition) is 1. The molecule has 0 amide bonds. The van der Waals surface area contributed by atoms with Crippen molar-refractivity contribution in [3.8, 4) is 0 Å². The van der Waals surface area contributed by atoms with Crippen molar-refractivity contribution in [1.29, 1.82) is 0 Å². The van der Waals surface area contributed by atoms with E-state index in [-0.39, 0.29) is 12.1 Å². The number of nitrogens with one attached hydrogen (secondary N) is 1. The smallest absolute Gasteiger partial charge is 0.0781 e. The van der Waals surface area contributed by atoms with Gasteiger partial charge in [0.15, 0.2) is 0 Å². The van der Waals surface area contributed by atoms with Crippen LogP contribution < -0.4 is 5.32 Å². The molecular weight excluding hydrogens is 348 g/mol. The van der Waals surface area contributed by atoms with Crippen LogP contribution in [0, 0.1) is 0 Å². The molecule has 1 unspecified atom stereocenters. The minimum atomic E-state index is 0.0125. The topological polar surface area (TPSA) is 12.0 Å². The van der Waals surface area contributed by atoms with Crippen LogP contribution in [0.2, 0.25) is 20.1 Å². The van der Waals surface area contributed by atoms with Gasteiger partial charge in [0.2, 0.25) is 0 Å². The molecular formula is C16H15Cl4N. The molecule has 0 fully saturated rings. The van der Waals surface area contributed by atoms with Gasteiger partial charge in [-0.05, 0) is 37.1 Å². The second-order valence-electron chi connectivity index (χ2n) is 4.90. The van der Waals surface area contributed by atoms with Gasteiger partial charge in [0, 0.05) is 17.1 Å². The summed E-state index contributed by atoms with van der Waals surface area (Å²) < 4.78 is 0. The SMILES string of the molecule is CC(N[C@H](C)c1ccccc1Cl)c1ccc(Cl)c(Cl)c1Cl. The van der Waals surface area contributed by atoms with Crippen molar-refractivity contribution in [3.05, 3.63) is 67.6 Å². The molecule has 0 aliphatic rings. The standard InChI is InChI=1S/C16H15Cl4N/c1-9(11-5-3-4-6-13(11)17)21-10(2)12-7-8-14(18)16(20)15(12)19/h3-10,21H,1-2H3/t9-,10?/m1/s1. The second-order valence-corrected chi connectivity index (χ2v) is 6.47. The zero-order valence-electron chi connectivity index (χ0n) is 11.6. The predicted octanol–water partition coefficient (Wildman–Crippen LogP) is 6.71. The van der Waals surface area contributed by atoms with Crippen molar-refractivity contribution in [1.82, 2.24) is 5.32 Å². The molecule has 1 nitrogen and oxygen atoms in total. The van der Waals surface area contributed by atoms with E-state index in [1.807, 2.05) is 37.3 Å². The molecule has 1 N–H and O–H groups in total. The monoisotopic (exact) mass is 361 g/mol. The fourth-order valence-electron chi connectivity index (χ4n) is 2.26. The number of rotatable bonds is 4. The third kappa shape index (κ3) is 3.85. The van der Waals surface area contributed by atoms with E-state index in [9.17, 15) is 0 Å². The molecule has 0 spiro atoms. The van der Waals surface area contributed by atoms with E-state index in [0.717, 1.165) is 16.1 Å². The highest BCUT2D eigenvalue weighted by atomic mass is 35.5.